The van der Waals surface area contributed by atoms with E-state index in [0.717, 1.165) is 15.8 Å². The van der Waals surface area contributed by atoms with Crippen molar-refractivity contribution in [3.05, 3.63) is 76.5 Å². The Morgan fingerprint density at radius 2 is 1.77 bits per heavy atom. The van der Waals surface area contributed by atoms with Crippen LogP contribution in [0.2, 0.25) is 5.02 Å². The number of nitrogens with two attached hydrogens (primary N) is 1. The largest absolute Gasteiger partial charge is 0.368 e. The van der Waals surface area contributed by atoms with Crippen LogP contribution in [0.5, 0.6) is 0 Å². The van der Waals surface area contributed by atoms with Crippen molar-refractivity contribution in [2.75, 3.05) is 0 Å². The summed E-state index contributed by atoms with van der Waals surface area (Å²) in [4.78, 5) is 50.1. The Bertz CT molecular complexity index is 1280. The number of benzene rings is 2. The zero-order chi connectivity index (χ0) is 22.1. The number of urea groups is 1. The second-order valence-corrected chi connectivity index (χ2v) is 7.40. The molecule has 0 aliphatic carbocycles. The van der Waals surface area contributed by atoms with Gasteiger partial charge in [0.2, 0.25) is 5.91 Å². The van der Waals surface area contributed by atoms with Gasteiger partial charge in [0, 0.05) is 27.7 Å². The minimum absolute atomic E-state index is 0.0546. The number of fused-ring (bicyclic) bond motifs is 1. The molecule has 1 aromatic heterocycles. The first kappa shape index (κ1) is 20.4. The number of nitrogens with one attached hydrogen (secondary N) is 1. The number of primary amides is 1. The first-order valence-corrected chi connectivity index (χ1v) is 9.71. The zero-order valence-electron chi connectivity index (χ0n) is 16.2. The van der Waals surface area contributed by atoms with E-state index >= 15 is 0 Å². The van der Waals surface area contributed by atoms with Gasteiger partial charge in [-0.3, -0.25) is 24.6 Å². The summed E-state index contributed by atoms with van der Waals surface area (Å²) < 4.78 is 1.64. The fourth-order valence-corrected chi connectivity index (χ4v) is 3.67. The molecule has 4 rings (SSSR count). The molecule has 31 heavy (non-hydrogen) atoms. The number of carbonyl (C=O) groups excluding carboxylic acids is 4. The van der Waals surface area contributed by atoms with Crippen molar-refractivity contribution in [2.45, 2.75) is 13.1 Å². The van der Waals surface area contributed by atoms with Crippen molar-refractivity contribution in [3.63, 3.8) is 0 Å². The van der Waals surface area contributed by atoms with E-state index in [-0.39, 0.29) is 18.7 Å². The fraction of sp³-hybridized carbons (Fsp3) is 0.0909. The molecular weight excluding hydrogens is 420 g/mol. The number of rotatable bonds is 5. The second-order valence-electron chi connectivity index (χ2n) is 7.00. The minimum atomic E-state index is -0.816. The number of para-hydroxylation sites is 1. The van der Waals surface area contributed by atoms with Crippen LogP contribution < -0.4 is 11.1 Å². The highest BCUT2D eigenvalue weighted by Gasteiger charge is 2.36. The Balaban J connectivity index is 1.74. The number of imide groups is 2. The molecule has 0 radical (unpaired) electrons. The summed E-state index contributed by atoms with van der Waals surface area (Å²) in [6.07, 6.45) is 3.04. The third-order valence-electron chi connectivity index (χ3n) is 4.92. The fourth-order valence-electron chi connectivity index (χ4n) is 3.48. The van der Waals surface area contributed by atoms with E-state index in [4.69, 9.17) is 17.3 Å². The van der Waals surface area contributed by atoms with E-state index in [1.54, 1.807) is 59.3 Å². The summed E-state index contributed by atoms with van der Waals surface area (Å²) in [7, 11) is 0. The van der Waals surface area contributed by atoms with Crippen molar-refractivity contribution in [1.29, 1.82) is 0 Å². The molecule has 5 amide bonds. The van der Waals surface area contributed by atoms with Gasteiger partial charge in [-0.1, -0.05) is 48.0 Å². The molecule has 0 saturated carbocycles. The van der Waals surface area contributed by atoms with E-state index in [0.29, 0.717) is 16.1 Å². The van der Waals surface area contributed by atoms with Crippen LogP contribution in [0.1, 0.15) is 11.1 Å². The van der Waals surface area contributed by atoms with Crippen molar-refractivity contribution in [2.24, 2.45) is 5.73 Å². The van der Waals surface area contributed by atoms with Gasteiger partial charge in [0.1, 0.15) is 12.1 Å². The zero-order valence-corrected chi connectivity index (χ0v) is 16.9. The lowest BCUT2D eigenvalue weighted by atomic mass is 10.1. The van der Waals surface area contributed by atoms with Gasteiger partial charge in [-0.25, -0.2) is 4.79 Å². The van der Waals surface area contributed by atoms with Crippen LogP contribution in [-0.4, -0.2) is 33.2 Å². The summed E-state index contributed by atoms with van der Waals surface area (Å²) in [6.45, 7) is -0.140. The highest BCUT2D eigenvalue weighted by molar-refractivity contribution is 6.32. The third-order valence-corrected chi connectivity index (χ3v) is 5.29. The molecule has 9 heteroatoms. The normalized spacial score (nSPS) is 15.6. The number of hydrogen-bond acceptors (Lipinski definition) is 4. The summed E-state index contributed by atoms with van der Waals surface area (Å²) >= 11 is 6.15. The summed E-state index contributed by atoms with van der Waals surface area (Å²) in [5, 5.41) is 3.32. The number of amides is 5. The summed E-state index contributed by atoms with van der Waals surface area (Å²) in [5.74, 6) is -2.06. The number of nitrogens with zero attached hydrogens (tertiary/aromatic N) is 2. The average Bonchev–Trinajstić information content (AvgIpc) is 3.06. The molecular formula is C22H17ClN4O4. The summed E-state index contributed by atoms with van der Waals surface area (Å²) in [5.41, 5.74) is 6.96. The average molecular weight is 437 g/mol. The second kappa shape index (κ2) is 8.08. The Labute approximate surface area is 181 Å². The molecule has 0 bridgehead atoms. The molecule has 2 aromatic carbocycles. The Morgan fingerprint density at radius 3 is 2.52 bits per heavy atom. The van der Waals surface area contributed by atoms with Crippen LogP contribution in [0.15, 0.2) is 60.3 Å². The predicted octanol–water partition coefficient (Wildman–Crippen LogP) is 2.44. The molecule has 8 nitrogen and oxygen atoms in total. The topological polar surface area (TPSA) is 114 Å². The van der Waals surface area contributed by atoms with Crippen molar-refractivity contribution in [3.8, 4) is 0 Å². The maximum atomic E-state index is 13.0. The number of halogens is 1. The molecule has 156 valence electrons. The van der Waals surface area contributed by atoms with Crippen molar-refractivity contribution in [1.82, 2.24) is 14.8 Å². The van der Waals surface area contributed by atoms with Crippen molar-refractivity contribution < 1.29 is 19.2 Å². The first-order chi connectivity index (χ1) is 14.8. The molecule has 2 heterocycles. The highest BCUT2D eigenvalue weighted by Crippen LogP contribution is 2.26. The first-order valence-electron chi connectivity index (χ1n) is 9.33. The summed E-state index contributed by atoms with van der Waals surface area (Å²) in [6, 6.07) is 13.2. The lowest BCUT2D eigenvalue weighted by molar-refractivity contribution is -0.130. The number of carbonyl (C=O) groups is 4. The number of hydrogen-bond donors (Lipinski definition) is 2. The number of barbiturate groups is 1. The van der Waals surface area contributed by atoms with Gasteiger partial charge in [-0.05, 0) is 23.8 Å². The van der Waals surface area contributed by atoms with Crippen molar-refractivity contribution >= 4 is 52.3 Å². The van der Waals surface area contributed by atoms with Crippen LogP contribution in [0.3, 0.4) is 0 Å². The van der Waals surface area contributed by atoms with Gasteiger partial charge in [-0.2, -0.15) is 0 Å². The Kier molecular flexibility index (Phi) is 5.31. The standard InChI is InChI=1S/C22H17ClN4O4/c23-17-7-3-1-5-13(17)11-27-21(30)16(20(29)25-22(27)31)9-14-10-26(12-19(24)28)18-8-4-2-6-15(14)18/h1-10H,11-12H2,(H2,24,28)(H,25,29,31)/b16-9+. The van der Waals surface area contributed by atoms with Gasteiger partial charge in [0.25, 0.3) is 11.8 Å². The Hall–Kier alpha value is -3.91. The molecule has 0 unspecified atom stereocenters. The molecule has 1 saturated heterocycles. The number of aromatic nitrogens is 1. The molecule has 0 spiro atoms. The van der Waals surface area contributed by atoms with Crippen LogP contribution in [0, 0.1) is 0 Å². The van der Waals surface area contributed by atoms with Crippen LogP contribution in [-0.2, 0) is 27.5 Å². The smallest absolute Gasteiger partial charge is 0.331 e. The molecule has 3 aromatic rings. The van der Waals surface area contributed by atoms with Crippen LogP contribution >= 0.6 is 11.6 Å². The molecule has 1 aliphatic rings. The minimum Gasteiger partial charge on any atom is -0.368 e. The van der Waals surface area contributed by atoms with Gasteiger partial charge in [0.05, 0.1) is 6.54 Å². The predicted molar refractivity (Wildman–Crippen MR) is 115 cm³/mol. The van der Waals surface area contributed by atoms with E-state index in [1.807, 2.05) is 0 Å². The maximum Gasteiger partial charge on any atom is 0.331 e. The quantitative estimate of drug-likeness (QED) is 0.472. The van der Waals surface area contributed by atoms with Gasteiger partial charge >= 0.3 is 6.03 Å². The van der Waals surface area contributed by atoms with Gasteiger partial charge < -0.3 is 10.3 Å². The van der Waals surface area contributed by atoms with E-state index < -0.39 is 23.8 Å². The van der Waals surface area contributed by atoms with E-state index in [9.17, 15) is 19.2 Å². The third kappa shape index (κ3) is 3.93. The Morgan fingerprint density at radius 1 is 1.06 bits per heavy atom. The lowest BCUT2D eigenvalue weighted by Crippen LogP contribution is -2.53. The van der Waals surface area contributed by atoms with Crippen LogP contribution in [0.4, 0.5) is 4.79 Å². The molecule has 3 N–H and O–H groups in total. The van der Waals surface area contributed by atoms with E-state index in [2.05, 4.69) is 5.32 Å². The van der Waals surface area contributed by atoms with Crippen LogP contribution in [0.25, 0.3) is 17.0 Å². The van der Waals surface area contributed by atoms with Gasteiger partial charge in [-0.15, -0.1) is 0 Å². The van der Waals surface area contributed by atoms with Gasteiger partial charge in [0.15, 0.2) is 0 Å². The SMILES string of the molecule is NC(=O)Cn1cc(/C=C2\C(=O)NC(=O)N(Cc3ccccc3Cl)C2=O)c2ccccc21. The maximum absolute atomic E-state index is 13.0. The monoisotopic (exact) mass is 436 g/mol. The lowest BCUT2D eigenvalue weighted by Gasteiger charge is -2.26. The van der Waals surface area contributed by atoms with E-state index in [1.165, 1.54) is 6.08 Å². The highest BCUT2D eigenvalue weighted by atomic mass is 35.5. The molecule has 1 aliphatic heterocycles. The molecule has 1 fully saturated rings. The molecule has 0 atom stereocenters.